The highest BCUT2D eigenvalue weighted by Crippen LogP contribution is 2.51. The molecule has 0 radical (unpaired) electrons. The maximum Gasteiger partial charge on any atom is 0.387 e. The summed E-state index contributed by atoms with van der Waals surface area (Å²) in [4.78, 5) is 1.01. The van der Waals surface area contributed by atoms with Gasteiger partial charge in [0.2, 0.25) is 0 Å². The number of rotatable bonds is 7. The Balaban J connectivity index is 1.45. The summed E-state index contributed by atoms with van der Waals surface area (Å²) in [6, 6.07) is 33.5. The minimum absolute atomic E-state index is 0.0993. The molecule has 38 heavy (non-hydrogen) atoms. The summed E-state index contributed by atoms with van der Waals surface area (Å²) in [6.07, 6.45) is -0.389. The maximum atomic E-state index is 13.3. The van der Waals surface area contributed by atoms with Gasteiger partial charge in [0, 0.05) is 23.4 Å². The van der Waals surface area contributed by atoms with Crippen LogP contribution in [0.4, 0.5) is 14.5 Å². The summed E-state index contributed by atoms with van der Waals surface area (Å²) in [5.74, 6) is 0.616. The largest absolute Gasteiger partial charge is 0.479 e. The van der Waals surface area contributed by atoms with Crippen molar-refractivity contribution in [1.29, 1.82) is 0 Å². The molecular weight excluding hydrogens is 568 g/mol. The Hall–Kier alpha value is -3.68. The Labute approximate surface area is 231 Å². The van der Waals surface area contributed by atoms with E-state index in [2.05, 4.69) is 51.6 Å². The van der Waals surface area contributed by atoms with Crippen molar-refractivity contribution >= 4 is 33.0 Å². The molecule has 4 aromatic carbocycles. The van der Waals surface area contributed by atoms with E-state index in [1.165, 1.54) is 5.56 Å². The molecule has 0 aliphatic carbocycles. The maximum absolute atomic E-state index is 13.3. The first-order chi connectivity index (χ1) is 18.6. The van der Waals surface area contributed by atoms with Gasteiger partial charge in [0.05, 0.1) is 14.2 Å². The van der Waals surface area contributed by atoms with Crippen LogP contribution in [0.3, 0.4) is 0 Å². The zero-order valence-electron chi connectivity index (χ0n) is 20.0. The standard InChI is InChI=1S/C31H22BrF2NO2S/c32-28-16-15-27(38-28)30-23-17-20(21-9-4-5-10-24(21)35-18-19-7-2-1-3-8-19)13-14-22(23)29-25(36-30)11-6-12-26(29)37-31(33)34/h1-17,30-31,35H,18H2. The van der Waals surface area contributed by atoms with E-state index in [-0.39, 0.29) is 11.9 Å². The molecule has 0 saturated heterocycles. The summed E-state index contributed by atoms with van der Waals surface area (Å²) in [5, 5.41) is 3.56. The van der Waals surface area contributed by atoms with Crippen molar-refractivity contribution in [2.45, 2.75) is 19.3 Å². The smallest absolute Gasteiger partial charge is 0.387 e. The number of para-hydroxylation sites is 1. The van der Waals surface area contributed by atoms with Gasteiger partial charge in [-0.2, -0.15) is 8.78 Å². The lowest BCUT2D eigenvalue weighted by Gasteiger charge is -2.30. The van der Waals surface area contributed by atoms with Crippen LogP contribution < -0.4 is 14.8 Å². The second-order valence-electron chi connectivity index (χ2n) is 8.83. The number of alkyl halides is 2. The molecule has 7 heteroatoms. The van der Waals surface area contributed by atoms with Gasteiger partial charge < -0.3 is 14.8 Å². The van der Waals surface area contributed by atoms with Gasteiger partial charge in [0.1, 0.15) is 11.5 Å². The van der Waals surface area contributed by atoms with Crippen molar-refractivity contribution in [2.24, 2.45) is 0 Å². The molecule has 1 aliphatic heterocycles. The van der Waals surface area contributed by atoms with Gasteiger partial charge in [-0.25, -0.2) is 0 Å². The first-order valence-corrected chi connectivity index (χ1v) is 13.7. The Morgan fingerprint density at radius 1 is 0.868 bits per heavy atom. The van der Waals surface area contributed by atoms with E-state index in [0.717, 1.165) is 36.6 Å². The first-order valence-electron chi connectivity index (χ1n) is 12.1. The van der Waals surface area contributed by atoms with Crippen LogP contribution >= 0.6 is 27.3 Å². The third-order valence-electron chi connectivity index (χ3n) is 6.47. The average Bonchev–Trinajstić information content (AvgIpc) is 3.37. The summed E-state index contributed by atoms with van der Waals surface area (Å²) in [5.41, 5.74) is 6.48. The van der Waals surface area contributed by atoms with Gasteiger partial charge in [-0.05, 0) is 69.0 Å². The average molecular weight is 590 g/mol. The van der Waals surface area contributed by atoms with Gasteiger partial charge in [0.15, 0.2) is 6.10 Å². The predicted molar refractivity (Wildman–Crippen MR) is 152 cm³/mol. The Bertz CT molecular complexity index is 1590. The highest BCUT2D eigenvalue weighted by molar-refractivity contribution is 9.11. The zero-order chi connectivity index (χ0) is 26.1. The van der Waals surface area contributed by atoms with Crippen LogP contribution in [0.1, 0.15) is 22.1 Å². The van der Waals surface area contributed by atoms with Crippen LogP contribution in [0.25, 0.3) is 22.3 Å². The molecule has 5 aromatic rings. The fourth-order valence-corrected chi connectivity index (χ4v) is 6.27. The normalized spacial score (nSPS) is 13.9. The van der Waals surface area contributed by atoms with E-state index in [1.54, 1.807) is 29.5 Å². The van der Waals surface area contributed by atoms with Crippen molar-refractivity contribution in [3.8, 4) is 33.8 Å². The van der Waals surface area contributed by atoms with Crippen molar-refractivity contribution in [2.75, 3.05) is 5.32 Å². The SMILES string of the molecule is FC(F)Oc1cccc2c1-c1ccc(-c3ccccc3NCc3ccccc3)cc1C(c1ccc(Br)s1)O2. The van der Waals surface area contributed by atoms with E-state index >= 15 is 0 Å². The number of ether oxygens (including phenoxy) is 2. The predicted octanol–water partition coefficient (Wildman–Crippen LogP) is 9.54. The number of fused-ring (bicyclic) bond motifs is 3. The van der Waals surface area contributed by atoms with Gasteiger partial charge in [-0.3, -0.25) is 0 Å². The topological polar surface area (TPSA) is 30.5 Å². The van der Waals surface area contributed by atoms with Crippen LogP contribution in [0.2, 0.25) is 0 Å². The fraction of sp³-hybridized carbons (Fsp3) is 0.0968. The molecule has 0 spiro atoms. The van der Waals surface area contributed by atoms with Crippen molar-refractivity contribution in [3.63, 3.8) is 0 Å². The molecule has 0 amide bonds. The third kappa shape index (κ3) is 4.91. The molecule has 1 atom stereocenters. The van der Waals surface area contributed by atoms with Crippen molar-refractivity contribution in [1.82, 2.24) is 0 Å². The molecule has 190 valence electrons. The van der Waals surface area contributed by atoms with Crippen molar-refractivity contribution < 1.29 is 18.3 Å². The minimum atomic E-state index is -2.93. The van der Waals surface area contributed by atoms with Gasteiger partial charge in [-0.15, -0.1) is 11.3 Å². The summed E-state index contributed by atoms with van der Waals surface area (Å²) in [7, 11) is 0. The van der Waals surface area contributed by atoms with Gasteiger partial charge >= 0.3 is 6.61 Å². The summed E-state index contributed by atoms with van der Waals surface area (Å²) in [6.45, 7) is -2.24. The fourth-order valence-electron chi connectivity index (χ4n) is 4.80. The lowest BCUT2D eigenvalue weighted by atomic mass is 9.88. The van der Waals surface area contributed by atoms with E-state index in [0.29, 0.717) is 17.9 Å². The highest BCUT2D eigenvalue weighted by atomic mass is 79.9. The molecular formula is C31H22BrF2NO2S. The second kappa shape index (κ2) is 10.6. The molecule has 1 aliphatic rings. The molecule has 0 bridgehead atoms. The quantitative estimate of drug-likeness (QED) is 0.205. The Kier molecular flexibility index (Phi) is 6.87. The summed E-state index contributed by atoms with van der Waals surface area (Å²) >= 11 is 5.14. The molecule has 0 saturated carbocycles. The number of thiophene rings is 1. The number of hydrogen-bond donors (Lipinski definition) is 1. The lowest BCUT2D eigenvalue weighted by molar-refractivity contribution is -0.0496. The molecule has 2 heterocycles. The van der Waals surface area contributed by atoms with Crippen LogP contribution in [0.5, 0.6) is 11.5 Å². The first kappa shape index (κ1) is 24.6. The Morgan fingerprint density at radius 3 is 2.47 bits per heavy atom. The molecule has 1 N–H and O–H groups in total. The highest BCUT2D eigenvalue weighted by Gasteiger charge is 2.31. The Morgan fingerprint density at radius 2 is 1.68 bits per heavy atom. The molecule has 1 aromatic heterocycles. The summed E-state index contributed by atoms with van der Waals surface area (Å²) < 4.78 is 38.9. The van der Waals surface area contributed by atoms with E-state index in [9.17, 15) is 8.78 Å². The van der Waals surface area contributed by atoms with Gasteiger partial charge in [-0.1, -0.05) is 66.7 Å². The number of benzene rings is 4. The minimum Gasteiger partial charge on any atom is -0.479 e. The van der Waals surface area contributed by atoms with E-state index in [1.807, 2.05) is 54.6 Å². The van der Waals surface area contributed by atoms with Crippen LogP contribution in [0.15, 0.2) is 107 Å². The van der Waals surface area contributed by atoms with Gasteiger partial charge in [0.25, 0.3) is 0 Å². The third-order valence-corrected chi connectivity index (χ3v) is 8.14. The monoisotopic (exact) mass is 589 g/mol. The van der Waals surface area contributed by atoms with E-state index in [4.69, 9.17) is 9.47 Å². The zero-order valence-corrected chi connectivity index (χ0v) is 22.4. The second-order valence-corrected chi connectivity index (χ2v) is 11.3. The van der Waals surface area contributed by atoms with Crippen LogP contribution in [-0.4, -0.2) is 6.61 Å². The lowest BCUT2D eigenvalue weighted by Crippen LogP contribution is -2.16. The van der Waals surface area contributed by atoms with Crippen LogP contribution in [0, 0.1) is 0 Å². The molecule has 1 unspecified atom stereocenters. The number of nitrogens with one attached hydrogen (secondary N) is 1. The number of halogens is 3. The van der Waals surface area contributed by atoms with E-state index < -0.39 is 6.61 Å². The molecule has 6 rings (SSSR count). The van der Waals surface area contributed by atoms with Crippen LogP contribution in [-0.2, 0) is 6.54 Å². The molecule has 3 nitrogen and oxygen atoms in total. The number of anilines is 1. The molecule has 0 fully saturated rings. The number of hydrogen-bond acceptors (Lipinski definition) is 4. The van der Waals surface area contributed by atoms with Crippen molar-refractivity contribution in [3.05, 3.63) is 123 Å².